The van der Waals surface area contributed by atoms with Crippen LogP contribution in [0.4, 0.5) is 0 Å². The number of oxazole rings is 1. The largest absolute Gasteiger partial charge is 0.460 e. The summed E-state index contributed by atoms with van der Waals surface area (Å²) in [5, 5.41) is 0. The zero-order valence-corrected chi connectivity index (χ0v) is 19.2. The number of furan rings is 1. The minimum absolute atomic E-state index is 0.0141. The first kappa shape index (κ1) is 22.2. The van der Waals surface area contributed by atoms with E-state index >= 15 is 0 Å². The second-order valence-electron chi connectivity index (χ2n) is 7.93. The van der Waals surface area contributed by atoms with Gasteiger partial charge in [0.25, 0.3) is 0 Å². The van der Waals surface area contributed by atoms with Crippen molar-refractivity contribution in [2.75, 3.05) is 13.2 Å². The topological polar surface area (TPSA) is 112 Å². The van der Waals surface area contributed by atoms with Crippen LogP contribution in [0.3, 0.4) is 0 Å². The summed E-state index contributed by atoms with van der Waals surface area (Å²) >= 11 is 0. The van der Waals surface area contributed by atoms with Crippen LogP contribution in [0.5, 0.6) is 0 Å². The summed E-state index contributed by atoms with van der Waals surface area (Å²) in [6, 6.07) is 15.2. The molecule has 4 aromatic rings. The third-order valence-electron chi connectivity index (χ3n) is 5.83. The number of fused-ring (bicyclic) bond motifs is 2. The van der Waals surface area contributed by atoms with Gasteiger partial charge in [-0.15, -0.1) is 0 Å². The van der Waals surface area contributed by atoms with Crippen LogP contribution in [0.1, 0.15) is 34.4 Å². The molecular weight excluding hydrogens is 460 g/mol. The second-order valence-corrected chi connectivity index (χ2v) is 9.87. The van der Waals surface area contributed by atoms with Gasteiger partial charge in [-0.05, 0) is 48.7 Å². The Morgan fingerprint density at radius 2 is 1.85 bits per heavy atom. The minimum Gasteiger partial charge on any atom is -0.460 e. The highest BCUT2D eigenvalue weighted by molar-refractivity contribution is 7.89. The van der Waals surface area contributed by atoms with Crippen molar-refractivity contribution in [3.8, 4) is 0 Å². The number of sulfonamides is 1. The normalized spacial score (nSPS) is 14.3. The maximum atomic E-state index is 13.3. The summed E-state index contributed by atoms with van der Waals surface area (Å²) in [5.74, 6) is -0.857. The molecule has 10 heteroatoms. The number of esters is 1. The first-order valence-electron chi connectivity index (χ1n) is 10.8. The first-order chi connectivity index (χ1) is 16.4. The van der Waals surface area contributed by atoms with Crippen molar-refractivity contribution in [2.45, 2.75) is 31.3 Å². The fourth-order valence-electron chi connectivity index (χ4n) is 4.11. The number of aromatic nitrogens is 1. The highest BCUT2D eigenvalue weighted by atomic mass is 32.2. The van der Waals surface area contributed by atoms with Gasteiger partial charge in [0.05, 0.1) is 23.6 Å². The maximum absolute atomic E-state index is 13.3. The van der Waals surface area contributed by atoms with E-state index in [4.69, 9.17) is 13.6 Å². The van der Waals surface area contributed by atoms with E-state index in [9.17, 15) is 18.0 Å². The molecule has 0 aliphatic carbocycles. The van der Waals surface area contributed by atoms with Crippen molar-refractivity contribution >= 4 is 27.1 Å². The lowest BCUT2D eigenvalue weighted by atomic mass is 10.0. The average molecular weight is 483 g/mol. The monoisotopic (exact) mass is 482 g/mol. The number of hydrogen-bond acceptors (Lipinski definition) is 7. The molecule has 5 rings (SSSR count). The quantitative estimate of drug-likeness (QED) is 0.388. The smallest absolute Gasteiger partial charge is 0.420 e. The van der Waals surface area contributed by atoms with Gasteiger partial charge in [-0.25, -0.2) is 18.0 Å². The van der Waals surface area contributed by atoms with Crippen LogP contribution in [-0.2, 0) is 34.3 Å². The number of carbonyl (C=O) groups is 1. The molecule has 2 aromatic heterocycles. The van der Waals surface area contributed by atoms with E-state index in [-0.39, 0.29) is 29.4 Å². The van der Waals surface area contributed by atoms with Crippen molar-refractivity contribution in [3.63, 3.8) is 0 Å². The molecule has 9 nitrogen and oxygen atoms in total. The Labute approximate surface area is 195 Å². The maximum Gasteiger partial charge on any atom is 0.420 e. The highest BCUT2D eigenvalue weighted by Crippen LogP contribution is 2.27. The van der Waals surface area contributed by atoms with Gasteiger partial charge in [0, 0.05) is 19.2 Å². The Morgan fingerprint density at radius 1 is 1.06 bits per heavy atom. The van der Waals surface area contributed by atoms with Crippen molar-refractivity contribution in [3.05, 3.63) is 87.8 Å². The van der Waals surface area contributed by atoms with Gasteiger partial charge in [0.1, 0.15) is 5.76 Å². The summed E-state index contributed by atoms with van der Waals surface area (Å²) in [6.45, 7) is 2.60. The molecule has 0 unspecified atom stereocenters. The molecule has 0 radical (unpaired) electrons. The summed E-state index contributed by atoms with van der Waals surface area (Å²) in [6.07, 6.45) is 0.639. The lowest BCUT2D eigenvalue weighted by molar-refractivity contribution is 0.0488. The number of carbonyl (C=O) groups excluding carboxylic acids is 1. The third kappa shape index (κ3) is 3.95. The Bertz CT molecular complexity index is 1540. The zero-order valence-electron chi connectivity index (χ0n) is 18.4. The van der Waals surface area contributed by atoms with Gasteiger partial charge in [-0.1, -0.05) is 24.3 Å². The Kier molecular flexibility index (Phi) is 5.62. The molecule has 34 heavy (non-hydrogen) atoms. The van der Waals surface area contributed by atoms with E-state index in [2.05, 4.69) is 0 Å². The average Bonchev–Trinajstić information content (AvgIpc) is 3.43. The predicted octanol–water partition coefficient (Wildman–Crippen LogP) is 3.16. The molecule has 1 aliphatic rings. The van der Waals surface area contributed by atoms with E-state index in [0.29, 0.717) is 30.8 Å². The van der Waals surface area contributed by atoms with E-state index in [1.54, 1.807) is 19.1 Å². The third-order valence-corrected chi connectivity index (χ3v) is 7.67. The molecule has 3 heterocycles. The van der Waals surface area contributed by atoms with Crippen molar-refractivity contribution in [1.29, 1.82) is 0 Å². The van der Waals surface area contributed by atoms with Gasteiger partial charge in [-0.3, -0.25) is 4.57 Å². The molecule has 0 saturated heterocycles. The Morgan fingerprint density at radius 3 is 2.65 bits per heavy atom. The number of nitrogens with zero attached hydrogens (tertiary/aromatic N) is 2. The molecule has 1 aliphatic heterocycles. The second kappa shape index (κ2) is 8.62. The van der Waals surface area contributed by atoms with Crippen LogP contribution >= 0.6 is 0 Å². The van der Waals surface area contributed by atoms with Crippen LogP contribution in [0.25, 0.3) is 11.1 Å². The summed E-state index contributed by atoms with van der Waals surface area (Å²) in [7, 11) is -3.78. The van der Waals surface area contributed by atoms with Gasteiger partial charge in [0.15, 0.2) is 5.58 Å². The van der Waals surface area contributed by atoms with Gasteiger partial charge < -0.3 is 13.6 Å². The van der Waals surface area contributed by atoms with Crippen molar-refractivity contribution in [2.24, 2.45) is 0 Å². The summed E-state index contributed by atoms with van der Waals surface area (Å²) in [4.78, 5) is 24.4. The predicted molar refractivity (Wildman–Crippen MR) is 122 cm³/mol. The van der Waals surface area contributed by atoms with Gasteiger partial charge in [-0.2, -0.15) is 4.31 Å². The van der Waals surface area contributed by atoms with Crippen molar-refractivity contribution in [1.82, 2.24) is 8.87 Å². The van der Waals surface area contributed by atoms with Gasteiger partial charge >= 0.3 is 11.7 Å². The SMILES string of the molecule is CCOC(=O)c1ccc(Cn2c(=O)oc3cc(S(=O)(=O)N4CCc5ccccc5C4)ccc32)o1. The lowest BCUT2D eigenvalue weighted by Crippen LogP contribution is -2.35. The molecule has 0 bridgehead atoms. The van der Waals surface area contributed by atoms with E-state index in [1.807, 2.05) is 24.3 Å². The molecule has 0 amide bonds. The fourth-order valence-corrected chi connectivity index (χ4v) is 5.55. The Balaban J connectivity index is 1.42. The lowest BCUT2D eigenvalue weighted by Gasteiger charge is -2.28. The van der Waals surface area contributed by atoms with Crippen LogP contribution in [-0.4, -0.2) is 36.4 Å². The first-order valence-corrected chi connectivity index (χ1v) is 12.3. The van der Waals surface area contributed by atoms with Crippen LogP contribution in [0.15, 0.2) is 73.1 Å². The highest BCUT2D eigenvalue weighted by Gasteiger charge is 2.29. The van der Waals surface area contributed by atoms with E-state index in [0.717, 1.165) is 11.1 Å². The molecule has 2 aromatic carbocycles. The van der Waals surface area contributed by atoms with Gasteiger partial charge in [0.2, 0.25) is 15.8 Å². The summed E-state index contributed by atoms with van der Waals surface area (Å²) < 4.78 is 45.0. The van der Waals surface area contributed by atoms with Crippen LogP contribution in [0.2, 0.25) is 0 Å². The fraction of sp³-hybridized carbons (Fsp3) is 0.250. The molecule has 0 spiro atoms. The number of benzene rings is 2. The molecule has 0 atom stereocenters. The molecule has 176 valence electrons. The molecular formula is C24H22N2O7S. The number of rotatable bonds is 6. The molecule has 0 N–H and O–H groups in total. The molecule has 0 fully saturated rings. The zero-order chi connectivity index (χ0) is 23.9. The van der Waals surface area contributed by atoms with Crippen LogP contribution < -0.4 is 5.76 Å². The van der Waals surface area contributed by atoms with Crippen LogP contribution in [0, 0.1) is 0 Å². The minimum atomic E-state index is -3.78. The molecule has 0 saturated carbocycles. The summed E-state index contributed by atoms with van der Waals surface area (Å²) in [5.41, 5.74) is 2.70. The number of hydrogen-bond donors (Lipinski definition) is 0. The van der Waals surface area contributed by atoms with E-state index in [1.165, 1.54) is 27.1 Å². The van der Waals surface area contributed by atoms with Crippen molar-refractivity contribution < 1.29 is 26.8 Å². The van der Waals surface area contributed by atoms with E-state index < -0.39 is 21.7 Å². The Hall–Kier alpha value is -3.63. The number of ether oxygens (including phenoxy) is 1. The standard InChI is InChI=1S/C24H22N2O7S/c1-2-31-23(27)21-10-7-18(32-21)15-26-20-9-8-19(13-22(20)33-24(26)28)34(29,30)25-12-11-16-5-3-4-6-17(16)14-25/h3-10,13H,2,11-12,14-15H2,1H3.